The van der Waals surface area contributed by atoms with Crippen LogP contribution < -0.4 is 15.0 Å². The first-order valence-corrected chi connectivity index (χ1v) is 12.0. The molecule has 7 heteroatoms. The minimum atomic E-state index is -3.31. The van der Waals surface area contributed by atoms with Gasteiger partial charge in [0.2, 0.25) is 10.0 Å². The monoisotopic (exact) mass is 452 g/mol. The van der Waals surface area contributed by atoms with Crippen LogP contribution in [0.15, 0.2) is 59.4 Å². The van der Waals surface area contributed by atoms with Crippen molar-refractivity contribution in [3.8, 4) is 17.0 Å². The molecule has 0 fully saturated rings. The Hall–Kier alpha value is -3.32. The standard InChI is InChI=1S/C25H28N2O4S/c1-25(2,3)20-15-18(7-6-17-8-10-21(11-9-17)27-32(5,29)30)14-19(16-20)22-12-13-23(31-4)26-24(22)28/h6-16,27H,1-5H3,(H,26,28)/b7-6+. The molecular weight excluding hydrogens is 424 g/mol. The number of hydrogen-bond donors (Lipinski definition) is 2. The number of H-pyrrole nitrogens is 1. The lowest BCUT2D eigenvalue weighted by Gasteiger charge is -2.21. The van der Waals surface area contributed by atoms with Gasteiger partial charge in [-0.1, -0.05) is 57.2 Å². The number of sulfonamides is 1. The van der Waals surface area contributed by atoms with Crippen LogP contribution in [-0.4, -0.2) is 26.8 Å². The zero-order valence-electron chi connectivity index (χ0n) is 18.9. The molecule has 1 aromatic heterocycles. The minimum absolute atomic E-state index is 0.100. The third kappa shape index (κ3) is 6.11. The van der Waals surface area contributed by atoms with Gasteiger partial charge >= 0.3 is 0 Å². The molecule has 1 heterocycles. The summed E-state index contributed by atoms with van der Waals surface area (Å²) < 4.78 is 30.3. The summed E-state index contributed by atoms with van der Waals surface area (Å²) in [5.74, 6) is 0.416. The van der Waals surface area contributed by atoms with Gasteiger partial charge in [-0.2, -0.15) is 0 Å². The van der Waals surface area contributed by atoms with Gasteiger partial charge in [0.1, 0.15) is 0 Å². The van der Waals surface area contributed by atoms with Gasteiger partial charge in [-0.15, -0.1) is 0 Å². The van der Waals surface area contributed by atoms with E-state index in [9.17, 15) is 13.2 Å². The average Bonchev–Trinajstić information content (AvgIpc) is 2.71. The molecule has 2 N–H and O–H groups in total. The molecule has 0 amide bonds. The first-order chi connectivity index (χ1) is 14.9. The quantitative estimate of drug-likeness (QED) is 0.521. The summed E-state index contributed by atoms with van der Waals surface area (Å²) in [5.41, 5.74) is 4.60. The van der Waals surface area contributed by atoms with Crippen molar-refractivity contribution in [2.45, 2.75) is 26.2 Å². The van der Waals surface area contributed by atoms with E-state index in [0.717, 1.165) is 28.5 Å². The van der Waals surface area contributed by atoms with Crippen LogP contribution in [0.25, 0.3) is 23.3 Å². The van der Waals surface area contributed by atoms with E-state index < -0.39 is 10.0 Å². The first-order valence-electron chi connectivity index (χ1n) is 10.1. The van der Waals surface area contributed by atoms with Gasteiger partial charge in [-0.3, -0.25) is 14.5 Å². The number of nitrogens with one attached hydrogen (secondary N) is 2. The molecule has 0 aliphatic carbocycles. The molecule has 0 saturated carbocycles. The summed E-state index contributed by atoms with van der Waals surface area (Å²) in [6.45, 7) is 6.39. The average molecular weight is 453 g/mol. The van der Waals surface area contributed by atoms with E-state index >= 15 is 0 Å². The van der Waals surface area contributed by atoms with Crippen molar-refractivity contribution >= 4 is 27.9 Å². The molecule has 0 saturated heterocycles. The Balaban J connectivity index is 1.97. The highest BCUT2D eigenvalue weighted by molar-refractivity contribution is 7.92. The normalized spacial score (nSPS) is 12.2. The number of ether oxygens (including phenoxy) is 1. The van der Waals surface area contributed by atoms with Crippen LogP contribution in [0, 0.1) is 0 Å². The molecule has 0 spiro atoms. The zero-order valence-corrected chi connectivity index (χ0v) is 19.7. The molecule has 0 bridgehead atoms. The topological polar surface area (TPSA) is 88.3 Å². The van der Waals surface area contributed by atoms with Crippen molar-refractivity contribution in [3.63, 3.8) is 0 Å². The maximum absolute atomic E-state index is 12.6. The summed E-state index contributed by atoms with van der Waals surface area (Å²) >= 11 is 0. The van der Waals surface area contributed by atoms with Gasteiger partial charge in [-0.25, -0.2) is 8.42 Å². The second-order valence-corrected chi connectivity index (χ2v) is 10.4. The lowest BCUT2D eigenvalue weighted by atomic mass is 9.84. The van der Waals surface area contributed by atoms with Gasteiger partial charge in [0, 0.05) is 11.3 Å². The van der Waals surface area contributed by atoms with Crippen molar-refractivity contribution in [1.82, 2.24) is 4.98 Å². The number of aromatic amines is 1. The number of rotatable bonds is 6. The predicted octanol–water partition coefficient (Wildman–Crippen LogP) is 4.89. The zero-order chi connectivity index (χ0) is 23.5. The summed E-state index contributed by atoms with van der Waals surface area (Å²) in [6, 6.07) is 16.7. The molecule has 0 radical (unpaired) electrons. The molecule has 6 nitrogen and oxygen atoms in total. The van der Waals surface area contributed by atoms with Crippen LogP contribution in [0.1, 0.15) is 37.5 Å². The molecule has 2 aromatic carbocycles. The number of aromatic nitrogens is 1. The van der Waals surface area contributed by atoms with E-state index in [-0.39, 0.29) is 11.0 Å². The smallest absolute Gasteiger partial charge is 0.258 e. The highest BCUT2D eigenvalue weighted by atomic mass is 32.2. The van der Waals surface area contributed by atoms with E-state index in [1.807, 2.05) is 36.4 Å². The van der Waals surface area contributed by atoms with E-state index in [1.165, 1.54) is 7.11 Å². The van der Waals surface area contributed by atoms with Crippen molar-refractivity contribution in [2.75, 3.05) is 18.1 Å². The Morgan fingerprint density at radius 2 is 1.59 bits per heavy atom. The van der Waals surface area contributed by atoms with Crippen molar-refractivity contribution < 1.29 is 13.2 Å². The molecule has 3 rings (SSSR count). The fourth-order valence-corrected chi connectivity index (χ4v) is 3.77. The first kappa shape index (κ1) is 23.3. The second kappa shape index (κ2) is 9.04. The number of anilines is 1. The van der Waals surface area contributed by atoms with Crippen LogP contribution in [0.2, 0.25) is 0 Å². The number of pyridine rings is 1. The van der Waals surface area contributed by atoms with Gasteiger partial charge < -0.3 is 4.74 Å². The van der Waals surface area contributed by atoms with Crippen LogP contribution >= 0.6 is 0 Å². The van der Waals surface area contributed by atoms with Crippen molar-refractivity contribution in [2.24, 2.45) is 0 Å². The van der Waals surface area contributed by atoms with Crippen LogP contribution in [0.5, 0.6) is 5.88 Å². The van der Waals surface area contributed by atoms with E-state index in [2.05, 4.69) is 36.5 Å². The summed E-state index contributed by atoms with van der Waals surface area (Å²) in [5, 5.41) is 0. The molecule has 0 aliphatic rings. The van der Waals surface area contributed by atoms with Gasteiger partial charge in [-0.05, 0) is 58.0 Å². The summed E-state index contributed by atoms with van der Waals surface area (Å²) in [7, 11) is -1.80. The van der Waals surface area contributed by atoms with Crippen LogP contribution in [0.4, 0.5) is 5.69 Å². The maximum atomic E-state index is 12.6. The summed E-state index contributed by atoms with van der Waals surface area (Å²) in [4.78, 5) is 15.3. The van der Waals surface area contributed by atoms with Crippen molar-refractivity contribution in [3.05, 3.63) is 81.6 Å². The largest absolute Gasteiger partial charge is 0.482 e. The molecule has 0 aliphatic heterocycles. The molecule has 0 atom stereocenters. The Morgan fingerprint density at radius 3 is 2.16 bits per heavy atom. The number of methoxy groups -OCH3 is 1. The Kier molecular flexibility index (Phi) is 6.60. The summed E-state index contributed by atoms with van der Waals surface area (Å²) in [6.07, 6.45) is 5.05. The maximum Gasteiger partial charge on any atom is 0.258 e. The third-order valence-corrected chi connectivity index (χ3v) is 5.52. The Bertz CT molecular complexity index is 1300. The van der Waals surface area contributed by atoms with Gasteiger partial charge in [0.15, 0.2) is 5.88 Å². The third-order valence-electron chi connectivity index (χ3n) is 4.92. The lowest BCUT2D eigenvalue weighted by Crippen LogP contribution is -2.13. The SMILES string of the molecule is COc1ccc(-c2cc(/C=C/c3ccc(NS(C)(=O)=O)cc3)cc(C(C)(C)C)c2)c(=O)[nH]1. The fraction of sp³-hybridized carbons (Fsp3) is 0.240. The molecule has 3 aromatic rings. The highest BCUT2D eigenvalue weighted by Gasteiger charge is 2.16. The van der Waals surface area contributed by atoms with Crippen LogP contribution in [0.3, 0.4) is 0 Å². The lowest BCUT2D eigenvalue weighted by molar-refractivity contribution is 0.397. The minimum Gasteiger partial charge on any atom is -0.482 e. The Morgan fingerprint density at radius 1 is 0.938 bits per heavy atom. The molecule has 168 valence electrons. The van der Waals surface area contributed by atoms with E-state index in [4.69, 9.17) is 4.74 Å². The van der Waals surface area contributed by atoms with Crippen molar-refractivity contribution in [1.29, 1.82) is 0 Å². The number of hydrogen-bond acceptors (Lipinski definition) is 4. The van der Waals surface area contributed by atoms with E-state index in [1.54, 1.807) is 24.3 Å². The van der Waals surface area contributed by atoms with E-state index in [0.29, 0.717) is 17.1 Å². The molecule has 0 unspecified atom stereocenters. The predicted molar refractivity (Wildman–Crippen MR) is 132 cm³/mol. The molecular formula is C25H28N2O4S. The highest BCUT2D eigenvalue weighted by Crippen LogP contribution is 2.29. The second-order valence-electron chi connectivity index (χ2n) is 8.69. The van der Waals surface area contributed by atoms with Crippen LogP contribution in [-0.2, 0) is 15.4 Å². The van der Waals surface area contributed by atoms with Gasteiger partial charge in [0.05, 0.1) is 13.4 Å². The fourth-order valence-electron chi connectivity index (χ4n) is 3.21. The molecule has 32 heavy (non-hydrogen) atoms. The number of benzene rings is 2. The van der Waals surface area contributed by atoms with Gasteiger partial charge in [0.25, 0.3) is 5.56 Å². The Labute approximate surface area is 189 Å².